The molecule has 0 aliphatic carbocycles. The fourth-order valence-corrected chi connectivity index (χ4v) is 5.32. The first-order valence-corrected chi connectivity index (χ1v) is 7.35. The van der Waals surface area contributed by atoms with Gasteiger partial charge >= 0.3 is 0 Å². The van der Waals surface area contributed by atoms with Crippen LogP contribution in [0.3, 0.4) is 0 Å². The van der Waals surface area contributed by atoms with Gasteiger partial charge in [0.25, 0.3) is 0 Å². The van der Waals surface area contributed by atoms with Crippen LogP contribution in [0, 0.1) is 0 Å². The van der Waals surface area contributed by atoms with Crippen LogP contribution in [0.4, 0.5) is 0 Å². The van der Waals surface area contributed by atoms with Crippen molar-refractivity contribution in [2.45, 2.75) is 4.90 Å². The zero-order valence-corrected chi connectivity index (χ0v) is 7.95. The summed E-state index contributed by atoms with van der Waals surface area (Å²) in [7, 11) is 2.47. The molecule has 0 amide bonds. The first-order chi connectivity index (χ1) is 4.97. The summed E-state index contributed by atoms with van der Waals surface area (Å²) in [6, 6.07) is 8.57. The number of hydrogen-bond acceptors (Lipinski definition) is 1. The quantitative estimate of drug-likeness (QED) is 0.557. The SMILES string of the molecule is C1=PPSc2ccccc21. The van der Waals surface area contributed by atoms with Gasteiger partial charge in [-0.1, -0.05) is 37.5 Å². The fraction of sp³-hybridized carbons (Fsp3) is 0. The summed E-state index contributed by atoms with van der Waals surface area (Å²) < 4.78 is 0. The first kappa shape index (κ1) is 6.85. The van der Waals surface area contributed by atoms with Crippen LogP contribution in [0.1, 0.15) is 5.56 Å². The van der Waals surface area contributed by atoms with Crippen LogP contribution in [-0.4, -0.2) is 5.80 Å². The Hall–Kier alpha value is 0.170. The normalized spacial score (nSPS) is 18.8. The number of hydrogen-bond donors (Lipinski definition) is 0. The van der Waals surface area contributed by atoms with Crippen molar-refractivity contribution < 1.29 is 0 Å². The summed E-state index contributed by atoms with van der Waals surface area (Å²) in [5.74, 6) is 2.30. The lowest BCUT2D eigenvalue weighted by atomic mass is 10.2. The Balaban J connectivity index is 2.54. The maximum atomic E-state index is 2.30. The topological polar surface area (TPSA) is 0 Å². The molecule has 0 nitrogen and oxygen atoms in total. The highest BCUT2D eigenvalue weighted by Gasteiger charge is 2.01. The van der Waals surface area contributed by atoms with Gasteiger partial charge in [-0.3, -0.25) is 0 Å². The van der Waals surface area contributed by atoms with Gasteiger partial charge in [-0.05, 0) is 24.9 Å². The van der Waals surface area contributed by atoms with Crippen molar-refractivity contribution in [3.8, 4) is 0 Å². The average Bonchev–Trinajstić information content (AvgIpc) is 2.05. The third kappa shape index (κ3) is 1.27. The number of rotatable bonds is 0. The molecule has 3 heteroatoms. The molecule has 1 heterocycles. The Bertz CT molecular complexity index is 270. The average molecular weight is 184 g/mol. The molecule has 1 unspecified atom stereocenters. The van der Waals surface area contributed by atoms with E-state index < -0.39 is 0 Å². The van der Waals surface area contributed by atoms with E-state index in [2.05, 4.69) is 30.1 Å². The lowest BCUT2D eigenvalue weighted by Crippen LogP contribution is -1.81. The van der Waals surface area contributed by atoms with Gasteiger partial charge in [0.15, 0.2) is 0 Å². The number of fused-ring (bicyclic) bond motifs is 1. The molecular weight excluding hydrogens is 178 g/mol. The van der Waals surface area contributed by atoms with E-state index >= 15 is 0 Å². The molecule has 1 aromatic rings. The molecule has 1 aromatic carbocycles. The zero-order valence-electron chi connectivity index (χ0n) is 5.24. The van der Waals surface area contributed by atoms with Crippen LogP contribution in [-0.2, 0) is 0 Å². The van der Waals surface area contributed by atoms with E-state index in [0.29, 0.717) is 0 Å². The van der Waals surface area contributed by atoms with Gasteiger partial charge in [0.2, 0.25) is 0 Å². The van der Waals surface area contributed by atoms with Gasteiger partial charge in [0.1, 0.15) is 0 Å². The minimum absolute atomic E-state index is 1.00. The predicted molar refractivity (Wildman–Crippen MR) is 52.7 cm³/mol. The summed E-state index contributed by atoms with van der Waals surface area (Å²) in [4.78, 5) is 1.44. The second kappa shape index (κ2) is 3.05. The van der Waals surface area contributed by atoms with Crippen molar-refractivity contribution in [3.63, 3.8) is 0 Å². The second-order valence-corrected chi connectivity index (χ2v) is 6.91. The summed E-state index contributed by atoms with van der Waals surface area (Å²) in [6.07, 6.45) is 0. The van der Waals surface area contributed by atoms with Gasteiger partial charge in [-0.2, -0.15) is 0 Å². The van der Waals surface area contributed by atoms with Crippen molar-refractivity contribution in [2.75, 3.05) is 0 Å². The Labute approximate surface area is 67.6 Å². The molecule has 1 aliphatic heterocycles. The standard InChI is InChI=1S/C7H6P2S/c1-2-4-7-6(3-1)5-8-9-10-7/h1-5,9H. The highest BCUT2D eigenvalue weighted by atomic mass is 32.9. The third-order valence-electron chi connectivity index (χ3n) is 1.33. The molecule has 0 radical (unpaired) electrons. The van der Waals surface area contributed by atoms with Crippen molar-refractivity contribution in [1.29, 1.82) is 0 Å². The van der Waals surface area contributed by atoms with E-state index in [-0.39, 0.29) is 0 Å². The molecule has 50 valence electrons. The smallest absolute Gasteiger partial charge is 0.0196 e. The third-order valence-corrected chi connectivity index (χ3v) is 5.93. The fourth-order valence-electron chi connectivity index (χ4n) is 0.852. The van der Waals surface area contributed by atoms with E-state index in [1.54, 1.807) is 0 Å². The van der Waals surface area contributed by atoms with E-state index in [1.165, 1.54) is 18.4 Å². The van der Waals surface area contributed by atoms with Crippen molar-refractivity contribution in [3.05, 3.63) is 29.8 Å². The summed E-state index contributed by atoms with van der Waals surface area (Å²) >= 11 is 1.97. The lowest BCUT2D eigenvalue weighted by Gasteiger charge is -2.06. The van der Waals surface area contributed by atoms with Gasteiger partial charge in [-0.15, -0.1) is 0 Å². The van der Waals surface area contributed by atoms with Gasteiger partial charge < -0.3 is 0 Å². The van der Waals surface area contributed by atoms with Crippen LogP contribution in [0.15, 0.2) is 29.2 Å². The van der Waals surface area contributed by atoms with Crippen LogP contribution < -0.4 is 0 Å². The van der Waals surface area contributed by atoms with Crippen molar-refractivity contribution >= 4 is 32.5 Å². The Morgan fingerprint density at radius 2 is 2.20 bits per heavy atom. The van der Waals surface area contributed by atoms with Crippen molar-refractivity contribution in [2.24, 2.45) is 0 Å². The van der Waals surface area contributed by atoms with Crippen LogP contribution in [0.2, 0.25) is 0 Å². The van der Waals surface area contributed by atoms with Crippen molar-refractivity contribution in [1.82, 2.24) is 0 Å². The van der Waals surface area contributed by atoms with Gasteiger partial charge in [0, 0.05) is 4.90 Å². The number of benzene rings is 1. The first-order valence-electron chi connectivity index (χ1n) is 3.01. The molecule has 0 fully saturated rings. The molecular formula is C7H6P2S. The van der Waals surface area contributed by atoms with E-state index in [4.69, 9.17) is 0 Å². The van der Waals surface area contributed by atoms with Gasteiger partial charge in [0.05, 0.1) is 0 Å². The Morgan fingerprint density at radius 3 is 3.10 bits per heavy atom. The largest absolute Gasteiger partial charge is 0.0920 e. The predicted octanol–water partition coefficient (Wildman–Crippen LogP) is 3.40. The van der Waals surface area contributed by atoms with Gasteiger partial charge in [-0.25, -0.2) is 0 Å². The minimum atomic E-state index is 1.00. The monoisotopic (exact) mass is 184 g/mol. The summed E-state index contributed by atoms with van der Waals surface area (Å²) in [6.45, 7) is 0. The Kier molecular flexibility index (Phi) is 2.09. The molecule has 0 aromatic heterocycles. The zero-order chi connectivity index (χ0) is 6.81. The van der Waals surface area contributed by atoms with E-state index in [1.807, 2.05) is 11.4 Å². The summed E-state index contributed by atoms with van der Waals surface area (Å²) in [5, 5.41) is 0. The molecule has 0 saturated carbocycles. The molecule has 0 spiro atoms. The highest BCUT2D eigenvalue weighted by molar-refractivity contribution is 8.67. The maximum absolute atomic E-state index is 2.30. The van der Waals surface area contributed by atoms with Crippen LogP contribution in [0.5, 0.6) is 0 Å². The lowest BCUT2D eigenvalue weighted by molar-refractivity contribution is 1.45. The van der Waals surface area contributed by atoms with Crippen LogP contribution >= 0.6 is 26.7 Å². The molecule has 0 N–H and O–H groups in total. The molecule has 0 saturated heterocycles. The Morgan fingerprint density at radius 1 is 1.30 bits per heavy atom. The highest BCUT2D eigenvalue weighted by Crippen LogP contribution is 2.50. The molecule has 1 atom stereocenters. The summed E-state index contributed by atoms with van der Waals surface area (Å²) in [5.41, 5.74) is 1.41. The molecule has 0 bridgehead atoms. The molecule has 10 heavy (non-hydrogen) atoms. The molecule has 2 rings (SSSR count). The van der Waals surface area contributed by atoms with Crippen LogP contribution in [0.25, 0.3) is 0 Å². The second-order valence-electron chi connectivity index (χ2n) is 1.99. The van der Waals surface area contributed by atoms with E-state index in [0.717, 1.165) is 7.47 Å². The maximum Gasteiger partial charge on any atom is 0.0196 e. The van der Waals surface area contributed by atoms with E-state index in [9.17, 15) is 0 Å². The molecule has 1 aliphatic rings. The minimum Gasteiger partial charge on any atom is -0.0920 e.